The van der Waals surface area contributed by atoms with Gasteiger partial charge in [0.1, 0.15) is 18.8 Å². The summed E-state index contributed by atoms with van der Waals surface area (Å²) in [6.07, 6.45) is 1.15. The van der Waals surface area contributed by atoms with E-state index in [2.05, 4.69) is 20.7 Å². The summed E-state index contributed by atoms with van der Waals surface area (Å²) >= 11 is 6.21. The summed E-state index contributed by atoms with van der Waals surface area (Å²) in [6.45, 7) is 0.219. The van der Waals surface area contributed by atoms with Crippen LogP contribution >= 0.6 is 11.6 Å². The van der Waals surface area contributed by atoms with E-state index in [0.29, 0.717) is 23.6 Å². The summed E-state index contributed by atoms with van der Waals surface area (Å²) in [5.41, 5.74) is 0.644. The van der Waals surface area contributed by atoms with Gasteiger partial charge in [-0.05, 0) is 11.6 Å². The van der Waals surface area contributed by atoms with Crippen molar-refractivity contribution >= 4 is 23.4 Å². The fraction of sp³-hybridized carbons (Fsp3) is 0.375. The second-order valence-corrected chi connectivity index (χ2v) is 6.05. The Hall–Kier alpha value is -2.45. The van der Waals surface area contributed by atoms with Crippen LogP contribution in [0.2, 0.25) is 5.02 Å². The van der Waals surface area contributed by atoms with Gasteiger partial charge >= 0.3 is 0 Å². The molecule has 1 aliphatic heterocycles. The minimum atomic E-state index is -0.850. The number of morpholine rings is 1. The van der Waals surface area contributed by atoms with Crippen LogP contribution < -0.4 is 10.6 Å². The molecule has 1 saturated heterocycles. The van der Waals surface area contributed by atoms with Gasteiger partial charge in [-0.1, -0.05) is 29.8 Å². The first-order valence-electron chi connectivity index (χ1n) is 7.82. The molecule has 132 valence electrons. The van der Waals surface area contributed by atoms with Gasteiger partial charge in [0.25, 0.3) is 5.91 Å². The normalized spacial score (nSPS) is 20.2. The van der Waals surface area contributed by atoms with Crippen molar-refractivity contribution in [3.8, 4) is 0 Å². The Kier molecular flexibility index (Phi) is 5.30. The lowest BCUT2D eigenvalue weighted by Gasteiger charge is -2.32. The third-order valence-electron chi connectivity index (χ3n) is 3.96. The third kappa shape index (κ3) is 3.97. The summed E-state index contributed by atoms with van der Waals surface area (Å²) < 4.78 is 7.12. The molecule has 9 heteroatoms. The molecule has 2 amide bonds. The highest BCUT2D eigenvalue weighted by Gasteiger charge is 2.36. The van der Waals surface area contributed by atoms with Gasteiger partial charge in [0.15, 0.2) is 6.10 Å². The van der Waals surface area contributed by atoms with Crippen LogP contribution in [0.25, 0.3) is 0 Å². The van der Waals surface area contributed by atoms with Gasteiger partial charge in [-0.3, -0.25) is 14.3 Å². The number of rotatable bonds is 5. The van der Waals surface area contributed by atoms with Crippen molar-refractivity contribution in [2.24, 2.45) is 7.05 Å². The average molecular weight is 364 g/mol. The Balaban J connectivity index is 1.67. The highest BCUT2D eigenvalue weighted by Crippen LogP contribution is 2.28. The maximum absolute atomic E-state index is 12.5. The van der Waals surface area contributed by atoms with Gasteiger partial charge in [0.05, 0.1) is 6.04 Å². The van der Waals surface area contributed by atoms with Crippen molar-refractivity contribution in [3.05, 3.63) is 47.0 Å². The molecule has 25 heavy (non-hydrogen) atoms. The summed E-state index contributed by atoms with van der Waals surface area (Å²) in [7, 11) is 1.79. The number of amides is 2. The highest BCUT2D eigenvalue weighted by atomic mass is 35.5. The predicted molar refractivity (Wildman–Crippen MR) is 89.8 cm³/mol. The Labute approximate surface area is 149 Å². The first-order valence-corrected chi connectivity index (χ1v) is 8.20. The van der Waals surface area contributed by atoms with Crippen LogP contribution in [0.4, 0.5) is 0 Å². The number of aryl methyl sites for hydroxylation is 1. The predicted octanol–water partition coefficient (Wildman–Crippen LogP) is 0.384. The first-order chi connectivity index (χ1) is 12.1. The Morgan fingerprint density at radius 1 is 1.48 bits per heavy atom. The molecule has 1 aromatic carbocycles. The quantitative estimate of drug-likeness (QED) is 0.800. The number of nitrogens with one attached hydrogen (secondary N) is 2. The van der Waals surface area contributed by atoms with Crippen molar-refractivity contribution < 1.29 is 14.3 Å². The first kappa shape index (κ1) is 17.4. The second-order valence-electron chi connectivity index (χ2n) is 5.64. The van der Waals surface area contributed by atoms with E-state index in [-0.39, 0.29) is 18.4 Å². The SMILES string of the molecule is Cn1ncnc1CCNC(=O)[C@H]1OCC(=O)N[C@@H]1c1ccccc1Cl. The molecule has 1 aromatic heterocycles. The molecule has 1 aliphatic rings. The van der Waals surface area contributed by atoms with Gasteiger partial charge in [-0.2, -0.15) is 5.10 Å². The van der Waals surface area contributed by atoms with Gasteiger partial charge in [0, 0.05) is 25.0 Å². The maximum atomic E-state index is 12.5. The summed E-state index contributed by atoms with van der Waals surface area (Å²) in [5, 5.41) is 10.0. The van der Waals surface area contributed by atoms with E-state index in [0.717, 1.165) is 5.82 Å². The maximum Gasteiger partial charge on any atom is 0.251 e. The van der Waals surface area contributed by atoms with Gasteiger partial charge in [-0.15, -0.1) is 0 Å². The van der Waals surface area contributed by atoms with E-state index < -0.39 is 12.1 Å². The van der Waals surface area contributed by atoms with Crippen molar-refractivity contribution in [2.45, 2.75) is 18.6 Å². The Morgan fingerprint density at radius 3 is 3.00 bits per heavy atom. The molecule has 3 rings (SSSR count). The van der Waals surface area contributed by atoms with Crippen LogP contribution in [0.3, 0.4) is 0 Å². The van der Waals surface area contributed by atoms with Crippen LogP contribution in [0, 0.1) is 0 Å². The fourth-order valence-electron chi connectivity index (χ4n) is 2.69. The zero-order valence-electron chi connectivity index (χ0n) is 13.6. The number of carbonyl (C=O) groups excluding carboxylic acids is 2. The molecule has 2 atom stereocenters. The standard InChI is InChI=1S/C16H18ClN5O3/c1-22-12(19-9-20-22)6-7-18-16(24)15-14(21-13(23)8-25-15)10-4-2-3-5-11(10)17/h2-5,9,14-15H,6-8H2,1H3,(H,18,24)(H,21,23)/t14-,15+/m1/s1. The highest BCUT2D eigenvalue weighted by molar-refractivity contribution is 6.31. The fourth-order valence-corrected chi connectivity index (χ4v) is 2.95. The lowest BCUT2D eigenvalue weighted by molar-refractivity contribution is -0.148. The van der Waals surface area contributed by atoms with Crippen molar-refractivity contribution in [2.75, 3.05) is 13.2 Å². The molecule has 0 bridgehead atoms. The molecule has 0 spiro atoms. The zero-order valence-corrected chi connectivity index (χ0v) is 14.4. The van der Waals surface area contributed by atoms with E-state index in [9.17, 15) is 9.59 Å². The molecule has 0 radical (unpaired) electrons. The smallest absolute Gasteiger partial charge is 0.251 e. The monoisotopic (exact) mass is 363 g/mol. The molecule has 2 heterocycles. The summed E-state index contributed by atoms with van der Waals surface area (Å²) in [4.78, 5) is 28.3. The number of hydrogen-bond donors (Lipinski definition) is 2. The number of hydrogen-bond acceptors (Lipinski definition) is 5. The van der Waals surface area contributed by atoms with Crippen molar-refractivity contribution in [1.82, 2.24) is 25.4 Å². The topological polar surface area (TPSA) is 98.1 Å². The number of carbonyl (C=O) groups is 2. The molecule has 2 N–H and O–H groups in total. The number of aromatic nitrogens is 3. The van der Waals surface area contributed by atoms with Crippen molar-refractivity contribution in [3.63, 3.8) is 0 Å². The van der Waals surface area contributed by atoms with Crippen LogP contribution in [0.15, 0.2) is 30.6 Å². The van der Waals surface area contributed by atoms with Gasteiger partial charge in [-0.25, -0.2) is 4.98 Å². The van der Waals surface area contributed by atoms with E-state index in [4.69, 9.17) is 16.3 Å². The van der Waals surface area contributed by atoms with Crippen LogP contribution in [0.5, 0.6) is 0 Å². The second kappa shape index (κ2) is 7.62. The molecular formula is C16H18ClN5O3. The van der Waals surface area contributed by atoms with Gasteiger partial charge in [0.2, 0.25) is 5.91 Å². The minimum absolute atomic E-state index is 0.164. The Morgan fingerprint density at radius 2 is 2.28 bits per heavy atom. The average Bonchev–Trinajstić information content (AvgIpc) is 3.00. The van der Waals surface area contributed by atoms with Crippen molar-refractivity contribution in [1.29, 1.82) is 0 Å². The molecule has 2 aromatic rings. The molecule has 1 fully saturated rings. The molecule has 8 nitrogen and oxygen atoms in total. The van der Waals surface area contributed by atoms with Crippen LogP contribution in [-0.4, -0.2) is 45.8 Å². The minimum Gasteiger partial charge on any atom is -0.356 e. The summed E-state index contributed by atoms with van der Waals surface area (Å²) in [6, 6.07) is 6.42. The third-order valence-corrected chi connectivity index (χ3v) is 4.31. The number of benzene rings is 1. The number of halogens is 1. The zero-order chi connectivity index (χ0) is 17.8. The molecule has 0 unspecified atom stereocenters. The number of ether oxygens (including phenoxy) is 1. The van der Waals surface area contributed by atoms with E-state index >= 15 is 0 Å². The number of nitrogens with zero attached hydrogens (tertiary/aromatic N) is 3. The molecule has 0 saturated carbocycles. The van der Waals surface area contributed by atoms with Gasteiger partial charge < -0.3 is 15.4 Å². The van der Waals surface area contributed by atoms with E-state index in [1.165, 1.54) is 6.33 Å². The van der Waals surface area contributed by atoms with Crippen LogP contribution in [0.1, 0.15) is 17.4 Å². The lowest BCUT2D eigenvalue weighted by atomic mass is 9.99. The Bertz CT molecular complexity index is 779. The molecular weight excluding hydrogens is 346 g/mol. The molecule has 0 aliphatic carbocycles. The lowest BCUT2D eigenvalue weighted by Crippen LogP contribution is -2.52. The van der Waals surface area contributed by atoms with E-state index in [1.807, 2.05) is 0 Å². The summed E-state index contributed by atoms with van der Waals surface area (Å²) in [5.74, 6) is 0.168. The largest absolute Gasteiger partial charge is 0.356 e. The van der Waals surface area contributed by atoms with E-state index in [1.54, 1.807) is 36.0 Å². The van der Waals surface area contributed by atoms with Crippen LogP contribution in [-0.2, 0) is 27.8 Å².